The molecule has 6 nitrogen and oxygen atoms in total. The van der Waals surface area contributed by atoms with E-state index in [0.717, 1.165) is 19.2 Å². The van der Waals surface area contributed by atoms with Crippen LogP contribution < -0.4 is 15.4 Å². The van der Waals surface area contributed by atoms with Gasteiger partial charge in [0.1, 0.15) is 0 Å². The summed E-state index contributed by atoms with van der Waals surface area (Å²) >= 11 is 0. The molecule has 1 unspecified atom stereocenters. The van der Waals surface area contributed by atoms with Gasteiger partial charge in [-0.1, -0.05) is 0 Å². The number of sulfonamides is 1. The first kappa shape index (κ1) is 16.6. The maximum Gasteiger partial charge on any atom is 0.227 e. The normalized spacial score (nSPS) is 24.1. The van der Waals surface area contributed by atoms with Crippen LogP contribution in [0.2, 0.25) is 0 Å². The monoisotopic (exact) mass is 285 g/mol. The molecule has 0 bridgehead atoms. The van der Waals surface area contributed by atoms with Gasteiger partial charge in [0.2, 0.25) is 15.9 Å². The molecule has 0 spiro atoms. The minimum absolute atomic E-state index is 0. The van der Waals surface area contributed by atoms with Gasteiger partial charge in [-0.2, -0.15) is 0 Å². The van der Waals surface area contributed by atoms with Gasteiger partial charge in [0.25, 0.3) is 0 Å². The van der Waals surface area contributed by atoms with Crippen molar-refractivity contribution < 1.29 is 13.2 Å². The molecule has 1 aliphatic heterocycles. The summed E-state index contributed by atoms with van der Waals surface area (Å²) in [6, 6.07) is 0. The van der Waals surface area contributed by atoms with Crippen LogP contribution in [0.3, 0.4) is 0 Å². The van der Waals surface area contributed by atoms with Gasteiger partial charge >= 0.3 is 0 Å². The summed E-state index contributed by atoms with van der Waals surface area (Å²) in [7, 11) is -3.17. The van der Waals surface area contributed by atoms with Crippen molar-refractivity contribution in [1.82, 2.24) is 15.4 Å². The van der Waals surface area contributed by atoms with Crippen LogP contribution in [-0.4, -0.2) is 46.8 Å². The zero-order valence-electron chi connectivity index (χ0n) is 10.1. The fourth-order valence-electron chi connectivity index (χ4n) is 1.64. The van der Waals surface area contributed by atoms with E-state index in [-0.39, 0.29) is 30.3 Å². The average molecular weight is 286 g/mol. The standard InChI is InChI=1S/C9H19N3O3S.ClH/c1-9(3-4-10-7-9)8(13)11-5-6-12-16(2,14)15;/h10,12H,3-7H2,1-2H3,(H,11,13);1H. The van der Waals surface area contributed by atoms with E-state index in [4.69, 9.17) is 0 Å². The topological polar surface area (TPSA) is 87.3 Å². The van der Waals surface area contributed by atoms with E-state index >= 15 is 0 Å². The van der Waals surface area contributed by atoms with Crippen LogP contribution in [0, 0.1) is 5.41 Å². The van der Waals surface area contributed by atoms with Crippen molar-refractivity contribution in [3.05, 3.63) is 0 Å². The Hall–Kier alpha value is -0.370. The van der Waals surface area contributed by atoms with Gasteiger partial charge in [-0.15, -0.1) is 12.4 Å². The molecular formula is C9H20ClN3O3S. The lowest BCUT2D eigenvalue weighted by atomic mass is 9.89. The van der Waals surface area contributed by atoms with Gasteiger partial charge in [0.15, 0.2) is 0 Å². The summed E-state index contributed by atoms with van der Waals surface area (Å²) in [6.07, 6.45) is 1.91. The predicted molar refractivity (Wildman–Crippen MR) is 68.7 cm³/mol. The molecule has 1 aliphatic rings. The van der Waals surface area contributed by atoms with Gasteiger partial charge in [0.05, 0.1) is 11.7 Å². The first-order valence-corrected chi connectivity index (χ1v) is 7.16. The van der Waals surface area contributed by atoms with Crippen molar-refractivity contribution >= 4 is 28.3 Å². The smallest absolute Gasteiger partial charge is 0.227 e. The number of carbonyl (C=O) groups is 1. The number of rotatable bonds is 5. The third-order valence-corrected chi connectivity index (χ3v) is 3.42. The summed E-state index contributed by atoms with van der Waals surface area (Å²) in [5.41, 5.74) is -0.356. The molecule has 1 saturated heterocycles. The van der Waals surface area contributed by atoms with Crippen LogP contribution >= 0.6 is 12.4 Å². The van der Waals surface area contributed by atoms with Crippen LogP contribution in [-0.2, 0) is 14.8 Å². The van der Waals surface area contributed by atoms with E-state index in [1.165, 1.54) is 0 Å². The average Bonchev–Trinajstić information content (AvgIpc) is 2.59. The molecule has 1 fully saturated rings. The molecule has 3 N–H and O–H groups in total. The molecular weight excluding hydrogens is 266 g/mol. The summed E-state index contributed by atoms with van der Waals surface area (Å²) < 4.78 is 23.8. The molecule has 8 heteroatoms. The Labute approximate surface area is 108 Å². The third-order valence-electron chi connectivity index (χ3n) is 2.69. The molecule has 1 rings (SSSR count). The van der Waals surface area contributed by atoms with Gasteiger partial charge in [0, 0.05) is 19.6 Å². The molecule has 0 aromatic rings. The molecule has 0 aliphatic carbocycles. The zero-order valence-corrected chi connectivity index (χ0v) is 11.7. The van der Waals surface area contributed by atoms with Gasteiger partial charge < -0.3 is 10.6 Å². The van der Waals surface area contributed by atoms with Crippen molar-refractivity contribution in [2.45, 2.75) is 13.3 Å². The lowest BCUT2D eigenvalue weighted by Crippen LogP contribution is -2.43. The minimum atomic E-state index is -3.17. The summed E-state index contributed by atoms with van der Waals surface area (Å²) in [5, 5.41) is 5.87. The number of hydrogen-bond acceptors (Lipinski definition) is 4. The SMILES string of the molecule is CC1(C(=O)NCCNS(C)(=O)=O)CCNC1.Cl. The predicted octanol–water partition coefficient (Wildman–Crippen LogP) is -0.927. The quantitative estimate of drug-likeness (QED) is 0.570. The van der Waals surface area contributed by atoms with Crippen molar-refractivity contribution in [3.8, 4) is 0 Å². The highest BCUT2D eigenvalue weighted by Crippen LogP contribution is 2.24. The largest absolute Gasteiger partial charge is 0.354 e. The summed E-state index contributed by atoms with van der Waals surface area (Å²) in [6.45, 7) is 3.99. The van der Waals surface area contributed by atoms with Crippen LogP contribution in [0.25, 0.3) is 0 Å². The minimum Gasteiger partial charge on any atom is -0.354 e. The van der Waals surface area contributed by atoms with E-state index in [9.17, 15) is 13.2 Å². The second kappa shape index (κ2) is 6.53. The fourth-order valence-corrected chi connectivity index (χ4v) is 2.11. The van der Waals surface area contributed by atoms with E-state index in [1.54, 1.807) is 0 Å². The summed E-state index contributed by atoms with van der Waals surface area (Å²) in [5.74, 6) is -0.0206. The Morgan fingerprint density at radius 1 is 1.41 bits per heavy atom. The molecule has 0 aromatic carbocycles. The molecule has 1 atom stereocenters. The first-order valence-electron chi connectivity index (χ1n) is 5.27. The van der Waals surface area contributed by atoms with Crippen molar-refractivity contribution in [3.63, 3.8) is 0 Å². The molecule has 1 heterocycles. The molecule has 17 heavy (non-hydrogen) atoms. The van der Waals surface area contributed by atoms with Crippen LogP contribution in [0.1, 0.15) is 13.3 Å². The Balaban J connectivity index is 0.00000256. The number of carbonyl (C=O) groups excluding carboxylic acids is 1. The number of nitrogens with one attached hydrogen (secondary N) is 3. The molecule has 1 amide bonds. The van der Waals surface area contributed by atoms with Gasteiger partial charge in [-0.3, -0.25) is 4.79 Å². The lowest BCUT2D eigenvalue weighted by molar-refractivity contribution is -0.129. The zero-order chi connectivity index (χ0) is 12.2. The number of amides is 1. The van der Waals surface area contributed by atoms with Crippen molar-refractivity contribution in [1.29, 1.82) is 0 Å². The number of halogens is 1. The maximum absolute atomic E-state index is 11.8. The van der Waals surface area contributed by atoms with Crippen LogP contribution in [0.5, 0.6) is 0 Å². The van der Waals surface area contributed by atoms with Gasteiger partial charge in [-0.05, 0) is 19.9 Å². The van der Waals surface area contributed by atoms with Crippen molar-refractivity contribution in [2.24, 2.45) is 5.41 Å². The first-order chi connectivity index (χ1) is 7.33. The fraction of sp³-hybridized carbons (Fsp3) is 0.889. The van der Waals surface area contributed by atoms with Crippen molar-refractivity contribution in [2.75, 3.05) is 32.4 Å². The highest BCUT2D eigenvalue weighted by atomic mass is 35.5. The molecule has 0 saturated carbocycles. The van der Waals surface area contributed by atoms with Crippen LogP contribution in [0.15, 0.2) is 0 Å². The van der Waals surface area contributed by atoms with E-state index in [1.807, 2.05) is 6.92 Å². The van der Waals surface area contributed by atoms with E-state index in [0.29, 0.717) is 13.1 Å². The van der Waals surface area contributed by atoms with E-state index < -0.39 is 10.0 Å². The Morgan fingerprint density at radius 3 is 2.53 bits per heavy atom. The Bertz CT molecular complexity index is 352. The molecule has 0 aromatic heterocycles. The lowest BCUT2D eigenvalue weighted by Gasteiger charge is -2.21. The second-order valence-electron chi connectivity index (χ2n) is 4.41. The highest BCUT2D eigenvalue weighted by molar-refractivity contribution is 7.88. The highest BCUT2D eigenvalue weighted by Gasteiger charge is 2.35. The molecule has 102 valence electrons. The van der Waals surface area contributed by atoms with Crippen LogP contribution in [0.4, 0.5) is 0 Å². The van der Waals surface area contributed by atoms with Gasteiger partial charge in [-0.25, -0.2) is 13.1 Å². The second-order valence-corrected chi connectivity index (χ2v) is 6.24. The van der Waals surface area contributed by atoms with E-state index in [2.05, 4.69) is 15.4 Å². The summed E-state index contributed by atoms with van der Waals surface area (Å²) in [4.78, 5) is 11.8. The molecule has 0 radical (unpaired) electrons. The third kappa shape index (κ3) is 5.67. The number of hydrogen-bond donors (Lipinski definition) is 3. The maximum atomic E-state index is 11.8. The Morgan fingerprint density at radius 2 is 2.06 bits per heavy atom. The Kier molecular flexibility index (Phi) is 6.39.